The molecule has 0 heterocycles. The van der Waals surface area contributed by atoms with E-state index in [4.69, 9.17) is 9.16 Å². The van der Waals surface area contributed by atoms with Gasteiger partial charge in [0.2, 0.25) is 0 Å². The Morgan fingerprint density at radius 1 is 1.12 bits per heavy atom. The van der Waals surface area contributed by atoms with E-state index in [-0.39, 0.29) is 24.0 Å². The van der Waals surface area contributed by atoms with E-state index in [2.05, 4.69) is 33.9 Å². The molecule has 0 aromatic carbocycles. The summed E-state index contributed by atoms with van der Waals surface area (Å²) in [5, 5.41) is 21.1. The van der Waals surface area contributed by atoms with Crippen LogP contribution in [0.1, 0.15) is 54.9 Å². The number of aliphatic hydroxyl groups is 2. The summed E-state index contributed by atoms with van der Waals surface area (Å²) in [6.07, 6.45) is -1.87. The van der Waals surface area contributed by atoms with Gasteiger partial charge in [-0.2, -0.15) is 0 Å². The van der Waals surface area contributed by atoms with Crippen molar-refractivity contribution in [2.45, 2.75) is 85.2 Å². The van der Waals surface area contributed by atoms with Crippen LogP contribution in [-0.2, 0) is 14.0 Å². The van der Waals surface area contributed by atoms with E-state index in [9.17, 15) is 15.0 Å². The van der Waals surface area contributed by atoms with Crippen molar-refractivity contribution >= 4 is 14.3 Å². The van der Waals surface area contributed by atoms with Crippen LogP contribution in [0.2, 0.25) is 18.1 Å². The van der Waals surface area contributed by atoms with Crippen LogP contribution in [0.3, 0.4) is 0 Å². The maximum Gasteiger partial charge on any atom is 0.308 e. The lowest BCUT2D eigenvalue weighted by Crippen LogP contribution is -2.48. The van der Waals surface area contributed by atoms with E-state index in [0.717, 1.165) is 0 Å². The average molecular weight is 363 g/mol. The molecule has 0 rings (SSSR count). The molecule has 0 bridgehead atoms. The minimum atomic E-state index is -1.88. The van der Waals surface area contributed by atoms with Crippen LogP contribution in [0.15, 0.2) is 0 Å². The summed E-state index contributed by atoms with van der Waals surface area (Å²) in [4.78, 5) is 11.6. The normalized spacial score (nSPS) is 17.3. The zero-order valence-corrected chi connectivity index (χ0v) is 18.0. The number of rotatable bonds is 9. The molecular weight excluding hydrogens is 324 g/mol. The van der Waals surface area contributed by atoms with Crippen LogP contribution in [0, 0.1) is 11.3 Å². The van der Waals surface area contributed by atoms with Crippen LogP contribution in [-0.4, -0.2) is 49.9 Å². The van der Waals surface area contributed by atoms with Gasteiger partial charge < -0.3 is 19.4 Å². The van der Waals surface area contributed by atoms with E-state index in [0.29, 0.717) is 6.61 Å². The van der Waals surface area contributed by atoms with Gasteiger partial charge >= 0.3 is 5.97 Å². The number of esters is 1. The minimum absolute atomic E-state index is 0.108. The second-order valence-electron chi connectivity index (χ2n) is 8.84. The van der Waals surface area contributed by atoms with Crippen LogP contribution in [0.4, 0.5) is 0 Å². The number of hydrogen-bond donors (Lipinski definition) is 2. The van der Waals surface area contributed by atoms with Crippen molar-refractivity contribution in [1.82, 2.24) is 0 Å². The summed E-state index contributed by atoms with van der Waals surface area (Å²) in [5.74, 6) is -0.596. The zero-order chi connectivity index (χ0) is 19.3. The molecule has 0 saturated carbocycles. The number of aliphatic hydroxyl groups excluding tert-OH is 2. The van der Waals surface area contributed by atoms with Crippen molar-refractivity contribution in [3.05, 3.63) is 0 Å². The number of carbonyl (C=O) groups is 1. The molecule has 0 saturated heterocycles. The molecule has 0 radical (unpaired) electrons. The molecule has 24 heavy (non-hydrogen) atoms. The second-order valence-corrected chi connectivity index (χ2v) is 13.6. The fourth-order valence-electron chi connectivity index (χ4n) is 2.22. The van der Waals surface area contributed by atoms with Gasteiger partial charge in [0, 0.05) is 17.9 Å². The van der Waals surface area contributed by atoms with E-state index in [1.165, 1.54) is 0 Å². The standard InChI is InChI=1S/C18H38O5Si/c1-10-22-15(20)11-14(19)18(6,7)16(21)13(2)12-23-24(8,9)17(3,4)5/h13-14,16,19,21H,10-12H2,1-9H3/t13-,14+,16+/m1/s1. The Hall–Kier alpha value is -0.433. The highest BCUT2D eigenvalue weighted by atomic mass is 28.4. The Morgan fingerprint density at radius 2 is 1.62 bits per heavy atom. The second kappa shape index (κ2) is 8.78. The summed E-state index contributed by atoms with van der Waals surface area (Å²) < 4.78 is 11.1. The van der Waals surface area contributed by atoms with Crippen LogP contribution in [0.5, 0.6) is 0 Å². The van der Waals surface area contributed by atoms with Gasteiger partial charge in [0.05, 0.1) is 25.2 Å². The topological polar surface area (TPSA) is 76.0 Å². The largest absolute Gasteiger partial charge is 0.466 e. The first-order valence-electron chi connectivity index (χ1n) is 8.82. The van der Waals surface area contributed by atoms with Crippen LogP contribution < -0.4 is 0 Å². The molecule has 144 valence electrons. The van der Waals surface area contributed by atoms with Crippen molar-refractivity contribution in [3.8, 4) is 0 Å². The highest BCUT2D eigenvalue weighted by Gasteiger charge is 2.42. The average Bonchev–Trinajstić information content (AvgIpc) is 2.42. The first-order valence-corrected chi connectivity index (χ1v) is 11.7. The quantitative estimate of drug-likeness (QED) is 0.486. The summed E-state index contributed by atoms with van der Waals surface area (Å²) in [5.41, 5.74) is -0.830. The molecular formula is C18H38O5Si. The van der Waals surface area contributed by atoms with Gasteiger partial charge in [-0.25, -0.2) is 0 Å². The molecule has 2 N–H and O–H groups in total. The maximum atomic E-state index is 11.6. The summed E-state index contributed by atoms with van der Waals surface area (Å²) in [7, 11) is -1.88. The smallest absolute Gasteiger partial charge is 0.308 e. The fourth-order valence-corrected chi connectivity index (χ4v) is 3.33. The molecule has 5 nitrogen and oxygen atoms in total. The first-order chi connectivity index (χ1) is 10.7. The predicted molar refractivity (Wildman–Crippen MR) is 99.4 cm³/mol. The van der Waals surface area contributed by atoms with Gasteiger partial charge in [-0.3, -0.25) is 4.79 Å². The molecule has 0 spiro atoms. The highest BCUT2D eigenvalue weighted by Crippen LogP contribution is 2.38. The number of hydrogen-bond acceptors (Lipinski definition) is 5. The fraction of sp³-hybridized carbons (Fsp3) is 0.944. The third kappa shape index (κ3) is 6.46. The van der Waals surface area contributed by atoms with Gasteiger partial charge in [0.1, 0.15) is 0 Å². The summed E-state index contributed by atoms with van der Waals surface area (Å²) >= 11 is 0. The number of carbonyl (C=O) groups excluding carboxylic acids is 1. The van der Waals surface area contributed by atoms with Crippen molar-refractivity contribution in [3.63, 3.8) is 0 Å². The molecule has 0 aliphatic rings. The molecule has 0 unspecified atom stereocenters. The van der Waals surface area contributed by atoms with Gasteiger partial charge in [0.15, 0.2) is 8.32 Å². The van der Waals surface area contributed by atoms with Gasteiger partial charge in [-0.1, -0.05) is 41.5 Å². The van der Waals surface area contributed by atoms with Crippen molar-refractivity contribution in [2.75, 3.05) is 13.2 Å². The van der Waals surface area contributed by atoms with Crippen LogP contribution >= 0.6 is 0 Å². The Balaban J connectivity index is 4.80. The van der Waals surface area contributed by atoms with Crippen molar-refractivity contribution in [1.29, 1.82) is 0 Å². The molecule has 0 aliphatic heterocycles. The van der Waals surface area contributed by atoms with Crippen molar-refractivity contribution in [2.24, 2.45) is 11.3 Å². The third-order valence-corrected chi connectivity index (χ3v) is 9.84. The lowest BCUT2D eigenvalue weighted by Gasteiger charge is -2.41. The van der Waals surface area contributed by atoms with E-state index in [1.54, 1.807) is 20.8 Å². The molecule has 3 atom stereocenters. The minimum Gasteiger partial charge on any atom is -0.466 e. The van der Waals surface area contributed by atoms with Gasteiger partial charge in [0.25, 0.3) is 0 Å². The molecule has 6 heteroatoms. The predicted octanol–water partition coefficient (Wildman–Crippen LogP) is 3.35. The zero-order valence-electron chi connectivity index (χ0n) is 17.0. The lowest BCUT2D eigenvalue weighted by molar-refractivity contribution is -0.150. The lowest BCUT2D eigenvalue weighted by atomic mass is 9.75. The Morgan fingerprint density at radius 3 is 2.04 bits per heavy atom. The maximum absolute atomic E-state index is 11.6. The van der Waals surface area contributed by atoms with Gasteiger partial charge in [-0.05, 0) is 25.1 Å². The third-order valence-electron chi connectivity index (χ3n) is 5.34. The Bertz CT molecular complexity index is 401. The van der Waals surface area contributed by atoms with E-state index in [1.807, 2.05) is 6.92 Å². The Labute approximate surface area is 148 Å². The molecule has 0 amide bonds. The molecule has 0 aromatic heterocycles. The summed E-state index contributed by atoms with van der Waals surface area (Å²) in [6, 6.07) is 0. The van der Waals surface area contributed by atoms with Crippen molar-refractivity contribution < 1.29 is 24.2 Å². The van der Waals surface area contributed by atoms with E-state index < -0.39 is 31.9 Å². The van der Waals surface area contributed by atoms with Crippen LogP contribution in [0.25, 0.3) is 0 Å². The monoisotopic (exact) mass is 362 g/mol. The molecule has 0 aromatic rings. The van der Waals surface area contributed by atoms with E-state index >= 15 is 0 Å². The SMILES string of the molecule is CCOC(=O)C[C@H](O)C(C)(C)[C@@H](O)[C@H](C)CO[Si](C)(C)C(C)(C)C. The molecule has 0 fully saturated rings. The number of ether oxygens (including phenoxy) is 1. The first kappa shape index (κ1) is 23.6. The summed E-state index contributed by atoms with van der Waals surface area (Å²) in [6.45, 7) is 18.8. The van der Waals surface area contributed by atoms with Gasteiger partial charge in [-0.15, -0.1) is 0 Å². The Kier molecular flexibility index (Phi) is 8.63. The molecule has 0 aliphatic carbocycles. The highest BCUT2D eigenvalue weighted by molar-refractivity contribution is 6.74.